The molecule has 2 aliphatic rings. The average molecular weight is 255 g/mol. The van der Waals surface area contributed by atoms with Gasteiger partial charge in [0, 0.05) is 25.7 Å². The summed E-state index contributed by atoms with van der Waals surface area (Å²) in [5.74, 6) is 1.55. The highest BCUT2D eigenvalue weighted by Gasteiger charge is 2.42. The maximum absolute atomic E-state index is 11.9. The number of hydrogen-bond donors (Lipinski definition) is 2. The summed E-state index contributed by atoms with van der Waals surface area (Å²) in [4.78, 5) is 14.2. The Morgan fingerprint density at radius 2 is 2.33 bits per heavy atom. The fraction of sp³-hybridized carbons (Fsp3) is 0.923. The summed E-state index contributed by atoms with van der Waals surface area (Å²) in [6, 6.07) is 0.593. The molecule has 5 heteroatoms. The van der Waals surface area contributed by atoms with Crippen molar-refractivity contribution in [3.8, 4) is 0 Å². The lowest BCUT2D eigenvalue weighted by Gasteiger charge is -2.24. The summed E-state index contributed by atoms with van der Waals surface area (Å²) < 4.78 is 5.02. The van der Waals surface area contributed by atoms with E-state index in [0.29, 0.717) is 25.1 Å². The highest BCUT2D eigenvalue weighted by molar-refractivity contribution is 5.78. The molecular formula is C13H25N3O2. The molecule has 4 unspecified atom stereocenters. The van der Waals surface area contributed by atoms with Crippen LogP contribution in [0.1, 0.15) is 13.8 Å². The normalized spacial score (nSPS) is 33.4. The van der Waals surface area contributed by atoms with Gasteiger partial charge >= 0.3 is 0 Å². The highest BCUT2D eigenvalue weighted by atomic mass is 16.5. The van der Waals surface area contributed by atoms with Gasteiger partial charge in [0.25, 0.3) is 0 Å². The van der Waals surface area contributed by atoms with Crippen LogP contribution in [-0.2, 0) is 9.53 Å². The van der Waals surface area contributed by atoms with E-state index in [4.69, 9.17) is 4.74 Å². The van der Waals surface area contributed by atoms with Crippen molar-refractivity contribution in [3.63, 3.8) is 0 Å². The Kier molecular flexibility index (Phi) is 4.59. The van der Waals surface area contributed by atoms with Gasteiger partial charge in [0.15, 0.2) is 0 Å². The quantitative estimate of drug-likeness (QED) is 0.707. The lowest BCUT2D eigenvalue weighted by atomic mass is 9.95. The first-order valence-electron chi connectivity index (χ1n) is 6.85. The number of methoxy groups -OCH3 is 1. The van der Waals surface area contributed by atoms with Crippen molar-refractivity contribution in [1.82, 2.24) is 15.5 Å². The van der Waals surface area contributed by atoms with E-state index in [2.05, 4.69) is 22.5 Å². The Bertz CT molecular complexity index is 298. The number of carbonyl (C=O) groups excluding carboxylic acids is 1. The van der Waals surface area contributed by atoms with E-state index in [0.717, 1.165) is 25.6 Å². The SMILES string of the molecule is COCC(C)NC(=O)CN1CC2CNCC2C1C. The zero-order valence-corrected chi connectivity index (χ0v) is 11.6. The summed E-state index contributed by atoms with van der Waals surface area (Å²) in [6.45, 7) is 8.54. The Morgan fingerprint density at radius 3 is 3.00 bits per heavy atom. The monoisotopic (exact) mass is 255 g/mol. The number of hydrogen-bond acceptors (Lipinski definition) is 4. The molecule has 0 aromatic rings. The minimum Gasteiger partial charge on any atom is -0.383 e. The van der Waals surface area contributed by atoms with Crippen LogP contribution in [0, 0.1) is 11.8 Å². The number of fused-ring (bicyclic) bond motifs is 1. The third kappa shape index (κ3) is 3.02. The number of rotatable bonds is 5. The van der Waals surface area contributed by atoms with Crippen LogP contribution < -0.4 is 10.6 Å². The van der Waals surface area contributed by atoms with Crippen LogP contribution in [0.3, 0.4) is 0 Å². The number of carbonyl (C=O) groups is 1. The molecule has 18 heavy (non-hydrogen) atoms. The van der Waals surface area contributed by atoms with E-state index >= 15 is 0 Å². The molecular weight excluding hydrogens is 230 g/mol. The minimum absolute atomic E-state index is 0.0848. The van der Waals surface area contributed by atoms with E-state index in [1.165, 1.54) is 0 Å². The Balaban J connectivity index is 1.78. The second-order valence-corrected chi connectivity index (χ2v) is 5.68. The molecule has 0 aromatic carbocycles. The molecule has 5 nitrogen and oxygen atoms in total. The molecule has 0 radical (unpaired) electrons. The van der Waals surface area contributed by atoms with E-state index in [1.807, 2.05) is 6.92 Å². The maximum Gasteiger partial charge on any atom is 0.234 e. The zero-order chi connectivity index (χ0) is 13.1. The Hall–Kier alpha value is -0.650. The highest BCUT2D eigenvalue weighted by Crippen LogP contribution is 2.31. The van der Waals surface area contributed by atoms with Gasteiger partial charge in [0.1, 0.15) is 0 Å². The third-order valence-corrected chi connectivity index (χ3v) is 4.23. The average Bonchev–Trinajstić information content (AvgIpc) is 2.84. The van der Waals surface area contributed by atoms with Crippen LogP contribution in [0.15, 0.2) is 0 Å². The van der Waals surface area contributed by atoms with Crippen molar-refractivity contribution >= 4 is 5.91 Å². The summed E-state index contributed by atoms with van der Waals surface area (Å²) in [7, 11) is 1.65. The van der Waals surface area contributed by atoms with Crippen molar-refractivity contribution in [3.05, 3.63) is 0 Å². The van der Waals surface area contributed by atoms with Crippen LogP contribution in [0.5, 0.6) is 0 Å². The van der Waals surface area contributed by atoms with Crippen LogP contribution >= 0.6 is 0 Å². The van der Waals surface area contributed by atoms with Crippen LogP contribution in [-0.4, -0.2) is 62.8 Å². The minimum atomic E-state index is 0.0848. The second-order valence-electron chi connectivity index (χ2n) is 5.68. The van der Waals surface area contributed by atoms with E-state index in [-0.39, 0.29) is 11.9 Å². The van der Waals surface area contributed by atoms with Crippen molar-refractivity contribution in [2.75, 3.05) is 39.9 Å². The summed E-state index contributed by atoms with van der Waals surface area (Å²) in [5.41, 5.74) is 0. The first-order valence-corrected chi connectivity index (χ1v) is 6.85. The van der Waals surface area contributed by atoms with Crippen molar-refractivity contribution in [2.24, 2.45) is 11.8 Å². The first-order chi connectivity index (χ1) is 8.61. The molecule has 104 valence electrons. The van der Waals surface area contributed by atoms with Crippen LogP contribution in [0.25, 0.3) is 0 Å². The van der Waals surface area contributed by atoms with Gasteiger partial charge in [0.05, 0.1) is 13.2 Å². The number of ether oxygens (including phenoxy) is 1. The van der Waals surface area contributed by atoms with Gasteiger partial charge in [-0.25, -0.2) is 0 Å². The Labute approximate surface area is 109 Å². The molecule has 2 aliphatic heterocycles. The molecule has 2 rings (SSSR count). The summed E-state index contributed by atoms with van der Waals surface area (Å²) >= 11 is 0. The molecule has 0 aliphatic carbocycles. The fourth-order valence-corrected chi connectivity index (χ4v) is 3.26. The predicted octanol–water partition coefficient (Wildman–Crippen LogP) is -0.323. The lowest BCUT2D eigenvalue weighted by Crippen LogP contribution is -2.44. The van der Waals surface area contributed by atoms with Gasteiger partial charge in [-0.1, -0.05) is 0 Å². The van der Waals surface area contributed by atoms with Gasteiger partial charge in [-0.2, -0.15) is 0 Å². The fourth-order valence-electron chi connectivity index (χ4n) is 3.26. The topological polar surface area (TPSA) is 53.6 Å². The molecule has 0 saturated carbocycles. The van der Waals surface area contributed by atoms with Crippen LogP contribution in [0.4, 0.5) is 0 Å². The first kappa shape index (κ1) is 13.8. The largest absolute Gasteiger partial charge is 0.383 e. The van der Waals surface area contributed by atoms with Crippen LogP contribution in [0.2, 0.25) is 0 Å². The summed E-state index contributed by atoms with van der Waals surface area (Å²) in [5, 5.41) is 6.41. The molecule has 0 bridgehead atoms. The lowest BCUT2D eigenvalue weighted by molar-refractivity contribution is -0.123. The number of nitrogens with zero attached hydrogens (tertiary/aromatic N) is 1. The zero-order valence-electron chi connectivity index (χ0n) is 11.6. The van der Waals surface area contributed by atoms with Gasteiger partial charge in [-0.15, -0.1) is 0 Å². The van der Waals surface area contributed by atoms with Crippen molar-refractivity contribution in [1.29, 1.82) is 0 Å². The predicted molar refractivity (Wildman–Crippen MR) is 70.4 cm³/mol. The molecule has 4 atom stereocenters. The molecule has 2 fully saturated rings. The third-order valence-electron chi connectivity index (χ3n) is 4.23. The molecule has 0 aromatic heterocycles. The van der Waals surface area contributed by atoms with Gasteiger partial charge in [-0.3, -0.25) is 9.69 Å². The molecule has 2 N–H and O–H groups in total. The molecule has 2 saturated heterocycles. The van der Waals surface area contributed by atoms with E-state index < -0.39 is 0 Å². The van der Waals surface area contributed by atoms with Gasteiger partial charge in [-0.05, 0) is 38.8 Å². The second kappa shape index (κ2) is 5.99. The number of amides is 1. The van der Waals surface area contributed by atoms with Gasteiger partial charge in [0.2, 0.25) is 5.91 Å². The van der Waals surface area contributed by atoms with Crippen molar-refractivity contribution < 1.29 is 9.53 Å². The molecule has 2 heterocycles. The summed E-state index contributed by atoms with van der Waals surface area (Å²) in [6.07, 6.45) is 0. The standard InChI is InChI=1S/C13H25N3O2/c1-9(8-18-3)15-13(17)7-16-6-11-4-14-5-12(11)10(16)2/h9-12,14H,4-8H2,1-3H3,(H,15,17). The Morgan fingerprint density at radius 1 is 1.56 bits per heavy atom. The smallest absolute Gasteiger partial charge is 0.234 e. The number of likely N-dealkylation sites (tertiary alicyclic amines) is 1. The molecule has 0 spiro atoms. The maximum atomic E-state index is 11.9. The van der Waals surface area contributed by atoms with Crippen molar-refractivity contribution in [2.45, 2.75) is 25.9 Å². The van der Waals surface area contributed by atoms with E-state index in [1.54, 1.807) is 7.11 Å². The van der Waals surface area contributed by atoms with E-state index in [9.17, 15) is 4.79 Å². The molecule has 1 amide bonds. The number of nitrogens with one attached hydrogen (secondary N) is 2. The van der Waals surface area contributed by atoms with Gasteiger partial charge < -0.3 is 15.4 Å².